The van der Waals surface area contributed by atoms with E-state index in [1.807, 2.05) is 31.2 Å². The maximum Gasteiger partial charge on any atom is 0.245 e. The van der Waals surface area contributed by atoms with Crippen LogP contribution in [0.15, 0.2) is 43.0 Å². The Kier molecular flexibility index (Phi) is 6.36. The molecule has 0 aliphatic carbocycles. The Hall–Kier alpha value is -4.66. The number of methoxy groups -OCH3 is 1. The standard InChI is InChI=1S/C23H24N10O4S/c1-12-9-24-19(25-10-12)13(2)14(3)38(35,36)32-23-31-30-20(17-15-7-5-6-8-16(15)28-29-17)33(23)18-21(34)26-11-27-22(18)37-4/h5-11,13-14H,1-4H3,(H,28,29)(H,31,32)(H,26,27,34)/t13-,14-/m0/s1. The normalized spacial score (nSPS) is 13.4. The number of ether oxygens (including phenoxy) is 1. The summed E-state index contributed by atoms with van der Waals surface area (Å²) in [6.45, 7) is 5.11. The lowest BCUT2D eigenvalue weighted by atomic mass is 10.1. The highest BCUT2D eigenvalue weighted by Crippen LogP contribution is 2.36. The average molecular weight is 537 g/mol. The minimum atomic E-state index is -4.08. The number of hydrogen-bond acceptors (Lipinski definition) is 11. The van der Waals surface area contributed by atoms with Gasteiger partial charge in [0, 0.05) is 23.7 Å². The van der Waals surface area contributed by atoms with Gasteiger partial charge in [0.15, 0.2) is 11.5 Å². The third kappa shape index (κ3) is 4.36. The molecule has 0 spiro atoms. The van der Waals surface area contributed by atoms with Crippen LogP contribution in [0.25, 0.3) is 28.1 Å². The van der Waals surface area contributed by atoms with Crippen molar-refractivity contribution in [1.29, 1.82) is 0 Å². The van der Waals surface area contributed by atoms with Crippen LogP contribution in [0.3, 0.4) is 0 Å². The van der Waals surface area contributed by atoms with Gasteiger partial charge in [-0.2, -0.15) is 15.1 Å². The molecule has 0 unspecified atom stereocenters. The van der Waals surface area contributed by atoms with Crippen molar-refractivity contribution >= 4 is 26.9 Å². The van der Waals surface area contributed by atoms with E-state index in [2.05, 4.69) is 45.1 Å². The van der Waals surface area contributed by atoms with E-state index >= 15 is 0 Å². The molecular weight excluding hydrogens is 512 g/mol. The van der Waals surface area contributed by atoms with Crippen molar-refractivity contribution in [2.24, 2.45) is 0 Å². The fourth-order valence-electron chi connectivity index (χ4n) is 3.89. The first-order chi connectivity index (χ1) is 18.2. The predicted octanol–water partition coefficient (Wildman–Crippen LogP) is 2.35. The number of nitrogens with zero attached hydrogens (tertiary/aromatic N) is 8. The summed E-state index contributed by atoms with van der Waals surface area (Å²) in [7, 11) is -2.72. The van der Waals surface area contributed by atoms with E-state index in [-0.39, 0.29) is 23.3 Å². The summed E-state index contributed by atoms with van der Waals surface area (Å²) in [4.78, 5) is 16.4. The number of fused-ring (bicyclic) bond motifs is 1. The highest BCUT2D eigenvalue weighted by atomic mass is 32.2. The number of hydrogen-bond donors (Lipinski definition) is 3. The molecule has 4 aromatic heterocycles. The van der Waals surface area contributed by atoms with Gasteiger partial charge < -0.3 is 9.84 Å². The molecule has 3 N–H and O–H groups in total. The Bertz CT molecular complexity index is 1720. The van der Waals surface area contributed by atoms with Gasteiger partial charge in [0.1, 0.15) is 17.8 Å². The molecule has 5 aromatic rings. The van der Waals surface area contributed by atoms with E-state index in [4.69, 9.17) is 4.74 Å². The van der Waals surface area contributed by atoms with E-state index in [0.717, 1.165) is 17.4 Å². The van der Waals surface area contributed by atoms with Crippen molar-refractivity contribution in [1.82, 2.24) is 44.9 Å². The number of aromatic amines is 1. The quantitative estimate of drug-likeness (QED) is 0.264. The topological polar surface area (TPSA) is 187 Å². The Morgan fingerprint density at radius 1 is 1.08 bits per heavy atom. The molecule has 2 atom stereocenters. The summed E-state index contributed by atoms with van der Waals surface area (Å²) >= 11 is 0. The molecule has 5 rings (SSSR count). The summed E-state index contributed by atoms with van der Waals surface area (Å²) in [6, 6.07) is 7.32. The van der Waals surface area contributed by atoms with Crippen molar-refractivity contribution < 1.29 is 18.3 Å². The summed E-state index contributed by atoms with van der Waals surface area (Å²) in [6.07, 6.45) is 4.38. The monoisotopic (exact) mass is 536 g/mol. The van der Waals surface area contributed by atoms with Crippen LogP contribution in [-0.4, -0.2) is 70.8 Å². The van der Waals surface area contributed by atoms with Gasteiger partial charge in [-0.3, -0.25) is 9.82 Å². The lowest BCUT2D eigenvalue weighted by Gasteiger charge is -2.20. The smallest absolute Gasteiger partial charge is 0.245 e. The number of benzene rings is 1. The lowest BCUT2D eigenvalue weighted by molar-refractivity contribution is 0.383. The van der Waals surface area contributed by atoms with E-state index in [9.17, 15) is 13.5 Å². The second-order valence-electron chi connectivity index (χ2n) is 8.62. The van der Waals surface area contributed by atoms with Crippen LogP contribution in [0, 0.1) is 6.92 Å². The minimum absolute atomic E-state index is 0.0340. The molecule has 0 fully saturated rings. The molecule has 0 radical (unpaired) electrons. The minimum Gasteiger partial charge on any atom is -0.492 e. The van der Waals surface area contributed by atoms with Crippen molar-refractivity contribution in [3.05, 3.63) is 54.4 Å². The Morgan fingerprint density at radius 2 is 1.82 bits per heavy atom. The zero-order chi connectivity index (χ0) is 27.0. The molecule has 0 aliphatic rings. The zero-order valence-corrected chi connectivity index (χ0v) is 21.7. The first kappa shape index (κ1) is 25.0. The van der Waals surface area contributed by atoms with Gasteiger partial charge in [-0.05, 0) is 25.5 Å². The van der Waals surface area contributed by atoms with Crippen molar-refractivity contribution in [3.8, 4) is 29.0 Å². The van der Waals surface area contributed by atoms with Gasteiger partial charge in [-0.15, -0.1) is 10.2 Å². The summed E-state index contributed by atoms with van der Waals surface area (Å²) in [5, 5.41) is 26.0. The lowest BCUT2D eigenvalue weighted by Crippen LogP contribution is -2.31. The second-order valence-corrected chi connectivity index (χ2v) is 10.7. The van der Waals surface area contributed by atoms with Crippen LogP contribution < -0.4 is 9.46 Å². The molecule has 4 heterocycles. The Morgan fingerprint density at radius 3 is 2.55 bits per heavy atom. The number of para-hydroxylation sites is 1. The van der Waals surface area contributed by atoms with Gasteiger partial charge in [-0.1, -0.05) is 25.1 Å². The highest BCUT2D eigenvalue weighted by molar-refractivity contribution is 7.93. The molecule has 14 nitrogen and oxygen atoms in total. The van der Waals surface area contributed by atoms with Crippen molar-refractivity contribution in [2.75, 3.05) is 11.8 Å². The molecule has 0 amide bonds. The molecule has 1 aromatic carbocycles. The number of anilines is 1. The first-order valence-corrected chi connectivity index (χ1v) is 13.0. The maximum absolute atomic E-state index is 13.5. The number of H-pyrrole nitrogens is 1. The maximum atomic E-state index is 13.5. The number of nitrogens with one attached hydrogen (secondary N) is 2. The first-order valence-electron chi connectivity index (χ1n) is 11.5. The average Bonchev–Trinajstić information content (AvgIpc) is 3.51. The number of rotatable bonds is 8. The second kappa shape index (κ2) is 9.66. The fourth-order valence-corrected chi connectivity index (χ4v) is 5.12. The molecule has 38 heavy (non-hydrogen) atoms. The number of aryl methyl sites for hydroxylation is 1. The Labute approximate surface area is 217 Å². The van der Waals surface area contributed by atoms with Crippen LogP contribution in [0.5, 0.6) is 11.8 Å². The van der Waals surface area contributed by atoms with E-state index in [0.29, 0.717) is 16.9 Å². The SMILES string of the molecule is COc1ncnc(O)c1-n1c(NS(=O)(=O)[C@@H](C)[C@H](C)c2ncc(C)cn2)nnc1-c1n[nH]c2ccccc12. The van der Waals surface area contributed by atoms with Crippen LogP contribution in [-0.2, 0) is 10.0 Å². The molecule has 0 saturated heterocycles. The molecule has 196 valence electrons. The molecule has 0 bridgehead atoms. The van der Waals surface area contributed by atoms with Gasteiger partial charge >= 0.3 is 0 Å². The van der Waals surface area contributed by atoms with Gasteiger partial charge in [-0.25, -0.2) is 23.0 Å². The van der Waals surface area contributed by atoms with Crippen LogP contribution in [0.4, 0.5) is 5.95 Å². The van der Waals surface area contributed by atoms with E-state index in [1.165, 1.54) is 11.7 Å². The van der Waals surface area contributed by atoms with E-state index in [1.54, 1.807) is 26.2 Å². The third-order valence-corrected chi connectivity index (χ3v) is 8.02. The van der Waals surface area contributed by atoms with E-state index < -0.39 is 27.1 Å². The number of sulfonamides is 1. The Balaban J connectivity index is 1.63. The molecule has 15 heteroatoms. The summed E-state index contributed by atoms with van der Waals surface area (Å²) in [5.41, 5.74) is 1.88. The third-order valence-electron chi connectivity index (χ3n) is 6.17. The van der Waals surface area contributed by atoms with Crippen molar-refractivity contribution in [2.45, 2.75) is 31.9 Å². The highest BCUT2D eigenvalue weighted by Gasteiger charge is 2.33. The summed E-state index contributed by atoms with van der Waals surface area (Å²) < 4.78 is 36.1. The van der Waals surface area contributed by atoms with Crippen LogP contribution in [0.1, 0.15) is 31.2 Å². The number of aromatic hydroxyl groups is 1. The zero-order valence-electron chi connectivity index (χ0n) is 20.9. The molecule has 0 aliphatic heterocycles. The largest absolute Gasteiger partial charge is 0.492 e. The van der Waals surface area contributed by atoms with Gasteiger partial charge in [0.2, 0.25) is 27.7 Å². The summed E-state index contributed by atoms with van der Waals surface area (Å²) in [5.74, 6) is -0.789. The fraction of sp³-hybridized carbons (Fsp3) is 0.261. The van der Waals surface area contributed by atoms with Crippen molar-refractivity contribution in [3.63, 3.8) is 0 Å². The van der Waals surface area contributed by atoms with Gasteiger partial charge in [0.05, 0.1) is 17.9 Å². The van der Waals surface area contributed by atoms with Crippen LogP contribution >= 0.6 is 0 Å². The van der Waals surface area contributed by atoms with Gasteiger partial charge in [0.25, 0.3) is 0 Å². The molecule has 0 saturated carbocycles. The molecular formula is C23H24N10O4S. The predicted molar refractivity (Wildman–Crippen MR) is 137 cm³/mol. The number of aromatic nitrogens is 9. The van der Waals surface area contributed by atoms with Crippen LogP contribution in [0.2, 0.25) is 0 Å².